The van der Waals surface area contributed by atoms with Crippen molar-refractivity contribution in [3.63, 3.8) is 0 Å². The molecule has 0 bridgehead atoms. The summed E-state index contributed by atoms with van der Waals surface area (Å²) in [5, 5.41) is 2.60. The second-order valence-electron chi connectivity index (χ2n) is 7.67. The van der Waals surface area contributed by atoms with E-state index in [9.17, 15) is 26.4 Å². The molecule has 168 valence electrons. The average Bonchev–Trinajstić information content (AvgIpc) is 2.74. The van der Waals surface area contributed by atoms with Crippen LogP contribution in [-0.2, 0) is 27.4 Å². The van der Waals surface area contributed by atoms with E-state index in [4.69, 9.17) is 0 Å². The van der Waals surface area contributed by atoms with E-state index in [2.05, 4.69) is 5.32 Å². The standard InChI is InChI=1S/C22H25F3N2O3S/c23-22(24,25)19-10-12-20(13-11-19)26-21(28)18-9-4-14-27(16-18)31(29,30)15-5-8-17-6-2-1-3-7-17/h1-3,6-7,10-13,18H,4-5,8-9,14-16H2,(H,26,28)/t18-/m1/s1. The van der Waals surface area contributed by atoms with Crippen LogP contribution in [0.4, 0.5) is 18.9 Å². The fraction of sp³-hybridized carbons (Fsp3) is 0.409. The molecule has 9 heteroatoms. The Balaban J connectivity index is 1.54. The number of anilines is 1. The second kappa shape index (κ2) is 9.82. The highest BCUT2D eigenvalue weighted by Crippen LogP contribution is 2.30. The van der Waals surface area contributed by atoms with Crippen LogP contribution in [0.1, 0.15) is 30.4 Å². The number of sulfonamides is 1. The zero-order valence-corrected chi connectivity index (χ0v) is 17.8. The molecule has 1 fully saturated rings. The summed E-state index contributed by atoms with van der Waals surface area (Å²) in [4.78, 5) is 12.6. The van der Waals surface area contributed by atoms with Crippen molar-refractivity contribution in [3.05, 3.63) is 65.7 Å². The summed E-state index contributed by atoms with van der Waals surface area (Å²) in [6, 6.07) is 13.8. The van der Waals surface area contributed by atoms with E-state index in [-0.39, 0.29) is 23.9 Å². The van der Waals surface area contributed by atoms with Crippen molar-refractivity contribution >= 4 is 21.6 Å². The van der Waals surface area contributed by atoms with Crippen LogP contribution in [-0.4, -0.2) is 37.5 Å². The van der Waals surface area contributed by atoms with Crippen molar-refractivity contribution in [1.82, 2.24) is 4.31 Å². The molecule has 0 radical (unpaired) electrons. The molecule has 2 aromatic carbocycles. The number of nitrogens with zero attached hydrogens (tertiary/aromatic N) is 1. The fourth-order valence-electron chi connectivity index (χ4n) is 3.63. The van der Waals surface area contributed by atoms with Gasteiger partial charge in [-0.1, -0.05) is 30.3 Å². The van der Waals surface area contributed by atoms with Gasteiger partial charge in [0.1, 0.15) is 0 Å². The van der Waals surface area contributed by atoms with E-state index in [0.29, 0.717) is 32.2 Å². The molecule has 2 aromatic rings. The normalized spacial score (nSPS) is 18.0. The minimum absolute atomic E-state index is 0.00907. The number of piperidine rings is 1. The quantitative estimate of drug-likeness (QED) is 0.678. The molecule has 1 saturated heterocycles. The highest BCUT2D eigenvalue weighted by molar-refractivity contribution is 7.89. The number of hydrogen-bond acceptors (Lipinski definition) is 3. The molecular weight excluding hydrogens is 429 g/mol. The van der Waals surface area contributed by atoms with Crippen LogP contribution in [0.3, 0.4) is 0 Å². The number of aryl methyl sites for hydroxylation is 1. The molecule has 0 saturated carbocycles. The molecule has 1 N–H and O–H groups in total. The van der Waals surface area contributed by atoms with E-state index in [0.717, 1.165) is 17.7 Å². The van der Waals surface area contributed by atoms with Crippen molar-refractivity contribution in [2.45, 2.75) is 31.9 Å². The lowest BCUT2D eigenvalue weighted by Gasteiger charge is -2.31. The van der Waals surface area contributed by atoms with Crippen LogP contribution >= 0.6 is 0 Å². The smallest absolute Gasteiger partial charge is 0.326 e. The Labute approximate surface area is 180 Å². The number of nitrogens with one attached hydrogen (secondary N) is 1. The Bertz CT molecular complexity index is 977. The predicted octanol–water partition coefficient (Wildman–Crippen LogP) is 4.32. The van der Waals surface area contributed by atoms with Crippen LogP contribution in [0.5, 0.6) is 0 Å². The van der Waals surface area contributed by atoms with Crippen molar-refractivity contribution in [3.8, 4) is 0 Å². The van der Waals surface area contributed by atoms with Gasteiger partial charge in [-0.05, 0) is 55.5 Å². The first-order chi connectivity index (χ1) is 14.6. The number of alkyl halides is 3. The first-order valence-electron chi connectivity index (χ1n) is 10.1. The number of rotatable bonds is 7. The average molecular weight is 455 g/mol. The SMILES string of the molecule is O=C(Nc1ccc(C(F)(F)F)cc1)[C@@H]1CCCN(S(=O)(=O)CCCc2ccccc2)C1. The molecule has 3 rings (SSSR count). The monoisotopic (exact) mass is 454 g/mol. The molecule has 0 aromatic heterocycles. The molecule has 1 atom stereocenters. The highest BCUT2D eigenvalue weighted by atomic mass is 32.2. The van der Waals surface area contributed by atoms with Crippen molar-refractivity contribution in [2.75, 3.05) is 24.2 Å². The Morgan fingerprint density at radius 3 is 2.39 bits per heavy atom. The topological polar surface area (TPSA) is 66.5 Å². The van der Waals surface area contributed by atoms with Crippen LogP contribution < -0.4 is 5.32 Å². The Kier molecular flexibility index (Phi) is 7.38. The van der Waals surface area contributed by atoms with Gasteiger partial charge < -0.3 is 5.32 Å². The molecule has 5 nitrogen and oxygen atoms in total. The Morgan fingerprint density at radius 1 is 1.06 bits per heavy atom. The molecule has 1 aliphatic rings. The zero-order chi connectivity index (χ0) is 22.5. The number of amides is 1. The number of carbonyl (C=O) groups excluding carboxylic acids is 1. The van der Waals surface area contributed by atoms with Gasteiger partial charge in [-0.2, -0.15) is 13.2 Å². The molecule has 0 unspecified atom stereocenters. The lowest BCUT2D eigenvalue weighted by molar-refractivity contribution is -0.137. The highest BCUT2D eigenvalue weighted by Gasteiger charge is 2.33. The van der Waals surface area contributed by atoms with Crippen molar-refractivity contribution in [2.24, 2.45) is 5.92 Å². The van der Waals surface area contributed by atoms with Gasteiger partial charge in [-0.15, -0.1) is 0 Å². The minimum Gasteiger partial charge on any atom is -0.326 e. The van der Waals surface area contributed by atoms with E-state index < -0.39 is 27.7 Å². The Hall–Kier alpha value is -2.39. The number of carbonyl (C=O) groups is 1. The lowest BCUT2D eigenvalue weighted by atomic mass is 9.98. The maximum Gasteiger partial charge on any atom is 0.416 e. The Morgan fingerprint density at radius 2 is 1.74 bits per heavy atom. The molecule has 31 heavy (non-hydrogen) atoms. The summed E-state index contributed by atoms with van der Waals surface area (Å²) in [6.07, 6.45) is -2.20. The van der Waals surface area contributed by atoms with Gasteiger partial charge in [-0.3, -0.25) is 4.79 Å². The summed E-state index contributed by atoms with van der Waals surface area (Å²) in [5.41, 5.74) is 0.530. The van der Waals surface area contributed by atoms with Crippen LogP contribution in [0.2, 0.25) is 0 Å². The van der Waals surface area contributed by atoms with Gasteiger partial charge in [0.2, 0.25) is 15.9 Å². The minimum atomic E-state index is -4.44. The van der Waals surface area contributed by atoms with Gasteiger partial charge in [0.25, 0.3) is 0 Å². The molecule has 1 amide bonds. The van der Waals surface area contributed by atoms with Crippen LogP contribution in [0.25, 0.3) is 0 Å². The summed E-state index contributed by atoms with van der Waals surface area (Å²) in [5.74, 6) is -0.918. The van der Waals surface area contributed by atoms with Crippen molar-refractivity contribution in [1.29, 1.82) is 0 Å². The summed E-state index contributed by atoms with van der Waals surface area (Å²) >= 11 is 0. The number of benzene rings is 2. The first kappa shape index (κ1) is 23.3. The maximum absolute atomic E-state index is 12.7. The molecule has 1 heterocycles. The molecule has 0 spiro atoms. The third-order valence-electron chi connectivity index (χ3n) is 5.34. The fourth-order valence-corrected chi connectivity index (χ4v) is 5.21. The molecular formula is C22H25F3N2O3S. The number of halogens is 3. The largest absolute Gasteiger partial charge is 0.416 e. The van der Waals surface area contributed by atoms with E-state index in [1.54, 1.807) is 0 Å². The summed E-state index contributed by atoms with van der Waals surface area (Å²) in [7, 11) is -3.49. The second-order valence-corrected chi connectivity index (χ2v) is 9.76. The van der Waals surface area contributed by atoms with Crippen LogP contribution in [0, 0.1) is 5.92 Å². The van der Waals surface area contributed by atoms with Gasteiger partial charge in [0, 0.05) is 18.8 Å². The van der Waals surface area contributed by atoms with Gasteiger partial charge in [0.05, 0.1) is 17.2 Å². The maximum atomic E-state index is 12.7. The summed E-state index contributed by atoms with van der Waals surface area (Å²) < 4.78 is 64.8. The van der Waals surface area contributed by atoms with Gasteiger partial charge >= 0.3 is 6.18 Å². The third-order valence-corrected chi connectivity index (χ3v) is 7.26. The molecule has 1 aliphatic heterocycles. The van der Waals surface area contributed by atoms with Gasteiger partial charge in [-0.25, -0.2) is 12.7 Å². The zero-order valence-electron chi connectivity index (χ0n) is 16.9. The van der Waals surface area contributed by atoms with E-state index in [1.807, 2.05) is 30.3 Å². The van der Waals surface area contributed by atoms with E-state index in [1.165, 1.54) is 16.4 Å². The van der Waals surface area contributed by atoms with Crippen molar-refractivity contribution < 1.29 is 26.4 Å². The molecule has 0 aliphatic carbocycles. The van der Waals surface area contributed by atoms with Gasteiger partial charge in [0.15, 0.2) is 0 Å². The summed E-state index contributed by atoms with van der Waals surface area (Å²) in [6.45, 7) is 0.456. The lowest BCUT2D eigenvalue weighted by Crippen LogP contribution is -2.44. The first-order valence-corrected chi connectivity index (χ1v) is 11.8. The number of hydrogen-bond donors (Lipinski definition) is 1. The third kappa shape index (κ3) is 6.54. The van der Waals surface area contributed by atoms with E-state index >= 15 is 0 Å². The predicted molar refractivity (Wildman–Crippen MR) is 113 cm³/mol. The van der Waals surface area contributed by atoms with Crippen LogP contribution in [0.15, 0.2) is 54.6 Å².